The summed E-state index contributed by atoms with van der Waals surface area (Å²) in [5, 5.41) is 14.2. The SMILES string of the molecule is CC(C)(C)OC(=O)N[C@@H]1C[C@@H](Oc2cccnc2)[C@H](O)[C@H]1N1CCc2ccccc2C1. The van der Waals surface area contributed by atoms with Crippen molar-refractivity contribution in [3.63, 3.8) is 0 Å². The van der Waals surface area contributed by atoms with Crippen molar-refractivity contribution in [2.45, 2.75) is 70.1 Å². The molecular weight excluding hydrogens is 394 g/mol. The topological polar surface area (TPSA) is 83.9 Å². The van der Waals surface area contributed by atoms with Crippen LogP contribution in [0.2, 0.25) is 0 Å². The van der Waals surface area contributed by atoms with Gasteiger partial charge in [-0.3, -0.25) is 9.88 Å². The van der Waals surface area contributed by atoms with Crippen LogP contribution in [0.4, 0.5) is 4.79 Å². The molecule has 7 heteroatoms. The number of amides is 1. The van der Waals surface area contributed by atoms with Gasteiger partial charge in [-0.05, 0) is 50.5 Å². The van der Waals surface area contributed by atoms with Gasteiger partial charge in [0.15, 0.2) is 0 Å². The molecule has 4 rings (SSSR count). The molecule has 0 bridgehead atoms. The van der Waals surface area contributed by atoms with Crippen molar-refractivity contribution < 1.29 is 19.4 Å². The standard InChI is InChI=1S/C24H31N3O4/c1-24(2,3)31-23(29)26-19-13-20(30-18-9-6-11-25-14-18)22(28)21(19)27-12-10-16-7-4-5-8-17(16)15-27/h4-9,11,14,19-22,28H,10,12-13,15H2,1-3H3,(H,26,29)/t19-,20-,21+,22+/m1/s1. The quantitative estimate of drug-likeness (QED) is 0.784. The number of pyridine rings is 1. The second-order valence-corrected chi connectivity index (χ2v) is 9.30. The van der Waals surface area contributed by atoms with Gasteiger partial charge in [0.25, 0.3) is 0 Å². The van der Waals surface area contributed by atoms with E-state index < -0.39 is 23.9 Å². The van der Waals surface area contributed by atoms with Crippen LogP contribution in [0, 0.1) is 0 Å². The van der Waals surface area contributed by atoms with E-state index in [9.17, 15) is 9.90 Å². The average molecular weight is 426 g/mol. The molecule has 2 heterocycles. The first-order valence-corrected chi connectivity index (χ1v) is 10.9. The lowest BCUT2D eigenvalue weighted by molar-refractivity contribution is 0.000934. The van der Waals surface area contributed by atoms with E-state index >= 15 is 0 Å². The number of carbonyl (C=O) groups excluding carboxylic acids is 1. The molecule has 7 nitrogen and oxygen atoms in total. The molecule has 31 heavy (non-hydrogen) atoms. The number of alkyl carbamates (subject to hydrolysis) is 1. The van der Waals surface area contributed by atoms with Crippen molar-refractivity contribution in [3.8, 4) is 5.75 Å². The number of hydrogen-bond donors (Lipinski definition) is 2. The maximum absolute atomic E-state index is 12.5. The fourth-order valence-electron chi connectivity index (χ4n) is 4.54. The van der Waals surface area contributed by atoms with E-state index in [1.807, 2.05) is 32.9 Å². The third kappa shape index (κ3) is 5.17. The van der Waals surface area contributed by atoms with Crippen LogP contribution in [-0.4, -0.2) is 57.5 Å². The van der Waals surface area contributed by atoms with Crippen LogP contribution in [0.1, 0.15) is 38.3 Å². The number of ether oxygens (including phenoxy) is 2. The Balaban J connectivity index is 1.54. The van der Waals surface area contributed by atoms with Gasteiger partial charge in [-0.25, -0.2) is 4.79 Å². The molecule has 4 atom stereocenters. The lowest BCUT2D eigenvalue weighted by Crippen LogP contribution is -2.55. The van der Waals surface area contributed by atoms with Crippen LogP contribution in [0.15, 0.2) is 48.8 Å². The maximum atomic E-state index is 12.5. The molecule has 166 valence electrons. The number of aliphatic hydroxyl groups is 1. The second-order valence-electron chi connectivity index (χ2n) is 9.30. The van der Waals surface area contributed by atoms with Gasteiger partial charge in [0.05, 0.1) is 18.3 Å². The molecule has 1 fully saturated rings. The minimum absolute atomic E-state index is 0.275. The Labute approximate surface area is 183 Å². The fraction of sp³-hybridized carbons (Fsp3) is 0.500. The Hall–Kier alpha value is -2.64. The summed E-state index contributed by atoms with van der Waals surface area (Å²) in [5.41, 5.74) is 2.01. The number of benzene rings is 1. The van der Waals surface area contributed by atoms with E-state index in [1.54, 1.807) is 18.5 Å². The first-order valence-electron chi connectivity index (χ1n) is 10.9. The van der Waals surface area contributed by atoms with Crippen molar-refractivity contribution in [2.24, 2.45) is 0 Å². The highest BCUT2D eigenvalue weighted by atomic mass is 16.6. The predicted molar refractivity (Wildman–Crippen MR) is 117 cm³/mol. The van der Waals surface area contributed by atoms with E-state index in [4.69, 9.17) is 9.47 Å². The molecule has 2 N–H and O–H groups in total. The van der Waals surface area contributed by atoms with Crippen LogP contribution >= 0.6 is 0 Å². The smallest absolute Gasteiger partial charge is 0.407 e. The van der Waals surface area contributed by atoms with E-state index in [-0.39, 0.29) is 12.1 Å². The molecule has 0 saturated heterocycles. The Kier molecular flexibility index (Phi) is 6.16. The number of rotatable bonds is 4. The zero-order valence-electron chi connectivity index (χ0n) is 18.3. The first kappa shape index (κ1) is 21.6. The normalized spacial score (nSPS) is 26.2. The van der Waals surface area contributed by atoms with Crippen molar-refractivity contribution in [1.29, 1.82) is 0 Å². The molecule has 2 aromatic rings. The van der Waals surface area contributed by atoms with Gasteiger partial charge in [0, 0.05) is 25.7 Å². The highest BCUT2D eigenvalue weighted by Gasteiger charge is 2.48. The Bertz CT molecular complexity index is 899. The minimum atomic E-state index is -0.759. The number of hydrogen-bond acceptors (Lipinski definition) is 6. The zero-order valence-corrected chi connectivity index (χ0v) is 18.3. The third-order valence-electron chi connectivity index (χ3n) is 5.84. The zero-order chi connectivity index (χ0) is 22.0. The van der Waals surface area contributed by atoms with Crippen molar-refractivity contribution in [1.82, 2.24) is 15.2 Å². The summed E-state index contributed by atoms with van der Waals surface area (Å²) in [6.07, 6.45) is 3.02. The van der Waals surface area contributed by atoms with E-state index in [0.717, 1.165) is 19.5 Å². The molecule has 0 radical (unpaired) electrons. The monoisotopic (exact) mass is 425 g/mol. The van der Waals surface area contributed by atoms with Gasteiger partial charge in [0.1, 0.15) is 23.6 Å². The number of aliphatic hydroxyl groups excluding tert-OH is 1. The lowest BCUT2D eigenvalue weighted by Gasteiger charge is -2.38. The number of aromatic nitrogens is 1. The summed E-state index contributed by atoms with van der Waals surface area (Å²) in [4.78, 5) is 18.9. The largest absolute Gasteiger partial charge is 0.486 e. The molecular formula is C24H31N3O4. The molecule has 1 aromatic carbocycles. The predicted octanol–water partition coefficient (Wildman–Crippen LogP) is 2.91. The fourth-order valence-corrected chi connectivity index (χ4v) is 4.54. The van der Waals surface area contributed by atoms with Gasteiger partial charge in [-0.15, -0.1) is 0 Å². The molecule has 1 saturated carbocycles. The van der Waals surface area contributed by atoms with Gasteiger partial charge < -0.3 is 19.9 Å². The molecule has 1 amide bonds. The van der Waals surface area contributed by atoms with Crippen LogP contribution in [0.3, 0.4) is 0 Å². The summed E-state index contributed by atoms with van der Waals surface area (Å²) in [6, 6.07) is 11.4. The third-order valence-corrected chi connectivity index (χ3v) is 5.84. The summed E-state index contributed by atoms with van der Waals surface area (Å²) in [7, 11) is 0. The van der Waals surface area contributed by atoms with Crippen LogP contribution in [0.5, 0.6) is 5.75 Å². The number of fused-ring (bicyclic) bond motifs is 1. The highest BCUT2D eigenvalue weighted by molar-refractivity contribution is 5.68. The lowest BCUT2D eigenvalue weighted by atomic mass is 9.97. The Morgan fingerprint density at radius 2 is 1.97 bits per heavy atom. The number of nitrogens with one attached hydrogen (secondary N) is 1. The maximum Gasteiger partial charge on any atom is 0.407 e. The molecule has 1 aromatic heterocycles. The van der Waals surface area contributed by atoms with Gasteiger partial charge in [-0.2, -0.15) is 0 Å². The molecule has 1 aliphatic heterocycles. The molecule has 0 unspecified atom stereocenters. The van der Waals surface area contributed by atoms with Crippen LogP contribution in [0.25, 0.3) is 0 Å². The van der Waals surface area contributed by atoms with E-state index in [1.165, 1.54) is 11.1 Å². The summed E-state index contributed by atoms with van der Waals surface area (Å²) in [5.74, 6) is 0.604. The summed E-state index contributed by atoms with van der Waals surface area (Å²) in [6.45, 7) is 7.05. The Morgan fingerprint density at radius 1 is 1.19 bits per heavy atom. The van der Waals surface area contributed by atoms with Gasteiger partial charge in [0.2, 0.25) is 0 Å². The molecule has 2 aliphatic rings. The average Bonchev–Trinajstić information content (AvgIpc) is 3.01. The van der Waals surface area contributed by atoms with Crippen LogP contribution < -0.4 is 10.1 Å². The molecule has 0 spiro atoms. The highest BCUT2D eigenvalue weighted by Crippen LogP contribution is 2.32. The van der Waals surface area contributed by atoms with Gasteiger partial charge >= 0.3 is 6.09 Å². The second kappa shape index (κ2) is 8.85. The first-order chi connectivity index (χ1) is 14.8. The number of nitrogens with zero attached hydrogens (tertiary/aromatic N) is 2. The van der Waals surface area contributed by atoms with E-state index in [0.29, 0.717) is 12.2 Å². The van der Waals surface area contributed by atoms with Crippen molar-refractivity contribution in [3.05, 3.63) is 59.9 Å². The summed E-state index contributed by atoms with van der Waals surface area (Å²) >= 11 is 0. The van der Waals surface area contributed by atoms with Gasteiger partial charge in [-0.1, -0.05) is 24.3 Å². The number of carbonyl (C=O) groups is 1. The summed E-state index contributed by atoms with van der Waals surface area (Å²) < 4.78 is 11.5. The van der Waals surface area contributed by atoms with Crippen LogP contribution in [-0.2, 0) is 17.7 Å². The Morgan fingerprint density at radius 3 is 2.68 bits per heavy atom. The van der Waals surface area contributed by atoms with Crippen molar-refractivity contribution in [2.75, 3.05) is 6.54 Å². The van der Waals surface area contributed by atoms with Crippen molar-refractivity contribution >= 4 is 6.09 Å². The minimum Gasteiger partial charge on any atom is -0.486 e. The molecule has 1 aliphatic carbocycles. The van der Waals surface area contributed by atoms with E-state index in [2.05, 4.69) is 33.4 Å².